The molecule has 1 unspecified atom stereocenters. The Morgan fingerprint density at radius 1 is 1.11 bits per heavy atom. The Bertz CT molecular complexity index is 1230. The van der Waals surface area contributed by atoms with Crippen LogP contribution in [0, 0.1) is 18.8 Å². The molecule has 28 heavy (non-hydrogen) atoms. The first kappa shape index (κ1) is 21.5. The van der Waals surface area contributed by atoms with Gasteiger partial charge in [0.1, 0.15) is 5.52 Å². The summed E-state index contributed by atoms with van der Waals surface area (Å²) in [5.74, 6) is 6.50. The van der Waals surface area contributed by atoms with Crippen LogP contribution in [0.25, 0.3) is 16.5 Å². The lowest BCUT2D eigenvalue weighted by molar-refractivity contribution is 0.503. The summed E-state index contributed by atoms with van der Waals surface area (Å²) in [4.78, 5) is 53.0. The number of H-pyrrole nitrogens is 1. The van der Waals surface area contributed by atoms with Crippen molar-refractivity contribution in [3.8, 4) is 0 Å². The van der Waals surface area contributed by atoms with E-state index in [1.54, 1.807) is 13.8 Å². The van der Waals surface area contributed by atoms with Crippen molar-refractivity contribution in [2.75, 3.05) is 6.54 Å². The Labute approximate surface area is 162 Å². The predicted octanol–water partition coefficient (Wildman–Crippen LogP) is 0.544. The number of benzene rings is 1. The number of hydrazine groups is 1. The van der Waals surface area contributed by atoms with Crippen molar-refractivity contribution in [2.45, 2.75) is 48.0 Å². The molecule has 0 saturated heterocycles. The van der Waals surface area contributed by atoms with E-state index in [-0.39, 0.29) is 28.7 Å². The first-order valence-corrected chi connectivity index (χ1v) is 9.49. The molecule has 1 aromatic carbocycles. The highest BCUT2D eigenvalue weighted by Crippen LogP contribution is 2.24. The van der Waals surface area contributed by atoms with Crippen molar-refractivity contribution in [1.29, 1.82) is 0 Å². The molecule has 2 rings (SSSR count). The number of nitrogens with two attached hydrogens (primary N) is 1. The molecule has 0 amide bonds. The normalized spacial score (nSPS) is 14.6. The average molecular weight is 386 g/mol. The molecule has 0 aliphatic carbocycles. The summed E-state index contributed by atoms with van der Waals surface area (Å²) >= 11 is 0. The van der Waals surface area contributed by atoms with Crippen molar-refractivity contribution in [3.05, 3.63) is 63.6 Å². The van der Waals surface area contributed by atoms with Crippen LogP contribution in [0.5, 0.6) is 0 Å². The molecule has 7 nitrogen and oxygen atoms in total. The maximum Gasteiger partial charge on any atom is 0.328 e. The highest BCUT2D eigenvalue weighted by molar-refractivity contribution is 5.92. The zero-order valence-corrected chi connectivity index (χ0v) is 17.3. The molecule has 2 aromatic rings. The van der Waals surface area contributed by atoms with E-state index in [0.29, 0.717) is 17.0 Å². The molecule has 0 radical (unpaired) electrons. The Morgan fingerprint density at radius 3 is 2.25 bits per heavy atom. The highest BCUT2D eigenvalue weighted by atomic mass is 16.2. The van der Waals surface area contributed by atoms with Crippen molar-refractivity contribution in [3.63, 3.8) is 0 Å². The molecular weight excluding hydrogens is 358 g/mol. The van der Waals surface area contributed by atoms with Gasteiger partial charge in [-0.3, -0.25) is 19.2 Å². The lowest BCUT2D eigenvalue weighted by atomic mass is 9.91. The highest BCUT2D eigenvalue weighted by Gasteiger charge is 2.23. The lowest BCUT2D eigenvalue weighted by Gasteiger charge is -2.13. The molecule has 0 spiro atoms. The second-order valence-electron chi connectivity index (χ2n) is 7.78. The molecule has 0 fully saturated rings. The fourth-order valence-electron chi connectivity index (χ4n) is 3.77. The van der Waals surface area contributed by atoms with Gasteiger partial charge < -0.3 is 4.98 Å². The summed E-state index contributed by atoms with van der Waals surface area (Å²) in [7, 11) is 0. The molecule has 1 heterocycles. The topological polar surface area (TPSA) is 113 Å². The number of aromatic amines is 1. The van der Waals surface area contributed by atoms with Gasteiger partial charge in [-0.25, -0.2) is 5.84 Å². The number of aromatic nitrogens is 1. The van der Waals surface area contributed by atoms with Gasteiger partial charge in [-0.15, -0.1) is 4.68 Å². The molecule has 0 aliphatic rings. The summed E-state index contributed by atoms with van der Waals surface area (Å²) in [5, 5.41) is -0.318. The van der Waals surface area contributed by atoms with Gasteiger partial charge in [0.15, 0.2) is 6.54 Å². The van der Waals surface area contributed by atoms with Crippen molar-refractivity contribution in [1.82, 2.24) is 9.67 Å². The second-order valence-corrected chi connectivity index (χ2v) is 7.78. The van der Waals surface area contributed by atoms with E-state index in [1.165, 1.54) is 0 Å². The quantitative estimate of drug-likeness (QED) is 0.337. The Kier molecular flexibility index (Phi) is 6.17. The first-order chi connectivity index (χ1) is 13.0. The van der Waals surface area contributed by atoms with Gasteiger partial charge in [0.05, 0.1) is 5.39 Å². The van der Waals surface area contributed by atoms with E-state index >= 15 is 0 Å². The molecule has 3 N–H and O–H groups in total. The number of pyridine rings is 1. The minimum Gasteiger partial charge on any atom is -0.318 e. The molecule has 1 aromatic heterocycles. The van der Waals surface area contributed by atoms with Crippen LogP contribution in [0.1, 0.15) is 52.2 Å². The number of hydrogen-bond donors (Lipinski definition) is 2. The van der Waals surface area contributed by atoms with Gasteiger partial charge in [0, 0.05) is 5.56 Å². The van der Waals surface area contributed by atoms with E-state index in [9.17, 15) is 19.2 Å². The Morgan fingerprint density at radius 2 is 1.71 bits per heavy atom. The molecule has 0 bridgehead atoms. The van der Waals surface area contributed by atoms with Gasteiger partial charge in [-0.1, -0.05) is 26.8 Å². The third-order valence-corrected chi connectivity index (χ3v) is 4.94. The third kappa shape index (κ3) is 3.74. The summed E-state index contributed by atoms with van der Waals surface area (Å²) in [5.41, 5.74) is -1.84. The van der Waals surface area contributed by atoms with Gasteiger partial charge in [0.25, 0.3) is 16.4 Å². The zero-order valence-electron chi connectivity index (χ0n) is 17.3. The van der Waals surface area contributed by atoms with Gasteiger partial charge in [-0.2, -0.15) is 0 Å². The van der Waals surface area contributed by atoms with Crippen LogP contribution < -0.4 is 37.7 Å². The number of allylic oxidation sites excluding steroid dienone is 2. The van der Waals surface area contributed by atoms with Crippen LogP contribution in [0.3, 0.4) is 0 Å². The van der Waals surface area contributed by atoms with Crippen LogP contribution in [0.15, 0.2) is 25.3 Å². The van der Waals surface area contributed by atoms with Gasteiger partial charge >= 0.3 is 10.8 Å². The maximum atomic E-state index is 13.1. The molecule has 0 saturated carbocycles. The molecule has 1 atom stereocenters. The van der Waals surface area contributed by atoms with Crippen LogP contribution in [0.2, 0.25) is 0 Å². The number of nitrogens with zero attached hydrogens (tertiary/aromatic N) is 1. The van der Waals surface area contributed by atoms with E-state index in [0.717, 1.165) is 16.7 Å². The summed E-state index contributed by atoms with van der Waals surface area (Å²) in [6.07, 6.45) is 2.94. The van der Waals surface area contributed by atoms with E-state index < -0.39 is 21.8 Å². The largest absolute Gasteiger partial charge is 0.328 e. The van der Waals surface area contributed by atoms with Crippen LogP contribution in [0.4, 0.5) is 0 Å². The fourth-order valence-corrected chi connectivity index (χ4v) is 3.77. The standard InChI is InChI=1S/C21H27N3O4/c1-7-24(22)17-18(25)15-14(12(5)9-11(4)8-10(2)3)13(6)21(28)23-16(15)19(26)20(17)27/h9-11H,7-8H2,1-6H3,(H2-,22,23,25,27,28)/p+1/b12-9+. The van der Waals surface area contributed by atoms with Gasteiger partial charge in [0.2, 0.25) is 0 Å². The average Bonchev–Trinajstić information content (AvgIpc) is 2.60. The monoisotopic (exact) mass is 386 g/mol. The van der Waals surface area contributed by atoms with E-state index in [1.807, 2.05) is 13.0 Å². The van der Waals surface area contributed by atoms with E-state index in [2.05, 4.69) is 25.8 Å². The zero-order chi connectivity index (χ0) is 21.3. The first-order valence-electron chi connectivity index (χ1n) is 9.49. The van der Waals surface area contributed by atoms with E-state index in [4.69, 9.17) is 5.84 Å². The number of hydrogen-bond acceptors (Lipinski definition) is 5. The second kappa shape index (κ2) is 8.04. The summed E-state index contributed by atoms with van der Waals surface area (Å²) < 4.78 is 0.982. The fraction of sp³-hybridized carbons (Fsp3) is 0.476. The van der Waals surface area contributed by atoms with Crippen molar-refractivity contribution >= 4 is 16.5 Å². The molecule has 150 valence electrons. The minimum absolute atomic E-state index is 0.0473. The minimum atomic E-state index is -0.998. The predicted molar refractivity (Wildman–Crippen MR) is 113 cm³/mol. The molecule has 7 heteroatoms. The smallest absolute Gasteiger partial charge is 0.318 e. The third-order valence-electron chi connectivity index (χ3n) is 4.94. The molecular formula is C21H28N3O4+. The van der Waals surface area contributed by atoms with Crippen molar-refractivity contribution < 1.29 is 0 Å². The number of fused-ring (bicyclic) bond motifs is 1. The molecule has 0 aliphatic heterocycles. The van der Waals surface area contributed by atoms with Crippen molar-refractivity contribution in [2.24, 2.45) is 17.7 Å². The Hall–Kier alpha value is -2.83. The summed E-state index contributed by atoms with van der Waals surface area (Å²) in [6, 6.07) is 0. The van der Waals surface area contributed by atoms with Gasteiger partial charge in [-0.05, 0) is 50.2 Å². The Balaban J connectivity index is 3.09. The summed E-state index contributed by atoms with van der Waals surface area (Å²) in [6.45, 7) is 11.6. The number of rotatable bonds is 5. The van der Waals surface area contributed by atoms with Crippen LogP contribution in [-0.2, 0) is 0 Å². The van der Waals surface area contributed by atoms with Crippen LogP contribution >= 0.6 is 0 Å². The maximum absolute atomic E-state index is 13.1. The number of nitrogens with one attached hydrogen (secondary N) is 1. The SMILES string of the molecule is CC/[N+](N)=c1/c(=O)c(=O)c2[nH]c(=O)c(C)c(/C(C)=C/C(C)CC(C)C)c2c1=O. The van der Waals surface area contributed by atoms with Crippen LogP contribution in [-0.4, -0.2) is 11.5 Å². The lowest BCUT2D eigenvalue weighted by Crippen LogP contribution is -2.57.